The molecule has 5 aliphatic rings. The molecule has 0 saturated carbocycles. The summed E-state index contributed by atoms with van der Waals surface area (Å²) < 4.78 is 4.95. The van der Waals surface area contributed by atoms with Gasteiger partial charge in [-0.2, -0.15) is 0 Å². The van der Waals surface area contributed by atoms with E-state index in [0.717, 1.165) is 0 Å². The van der Waals surface area contributed by atoms with Crippen LogP contribution in [0.4, 0.5) is 0 Å². The van der Waals surface area contributed by atoms with Crippen molar-refractivity contribution in [2.24, 2.45) is 11.8 Å². The highest BCUT2D eigenvalue weighted by Crippen LogP contribution is 2.60. The summed E-state index contributed by atoms with van der Waals surface area (Å²) in [6, 6.07) is 17.3. The van der Waals surface area contributed by atoms with Gasteiger partial charge >= 0.3 is 11.9 Å². The molecule has 0 N–H and O–H groups in total. The fraction of sp³-hybridized carbons (Fsp3) is 0.273. The SMILES string of the molecule is O=C1OC(=O)[C@H]2CC3=C(C[C@H]12)C1c2ccccc2C3c2ccccc21. The number of allylic oxidation sites excluding steroid dienone is 2. The largest absolute Gasteiger partial charge is 0.393 e. The van der Waals surface area contributed by atoms with E-state index >= 15 is 0 Å². The van der Waals surface area contributed by atoms with Gasteiger partial charge in [0.1, 0.15) is 0 Å². The number of benzene rings is 2. The van der Waals surface area contributed by atoms with Gasteiger partial charge in [0.15, 0.2) is 0 Å². The molecule has 7 rings (SSSR count). The van der Waals surface area contributed by atoms with Crippen LogP contribution in [-0.4, -0.2) is 11.9 Å². The van der Waals surface area contributed by atoms with Gasteiger partial charge in [0.05, 0.1) is 11.8 Å². The summed E-state index contributed by atoms with van der Waals surface area (Å²) in [6.45, 7) is 0. The van der Waals surface area contributed by atoms with Gasteiger partial charge in [-0.3, -0.25) is 9.59 Å². The second kappa shape index (κ2) is 4.48. The molecular formula is C22H16O3. The van der Waals surface area contributed by atoms with Crippen LogP contribution >= 0.6 is 0 Å². The zero-order valence-electron chi connectivity index (χ0n) is 13.6. The van der Waals surface area contributed by atoms with Crippen molar-refractivity contribution in [3.05, 3.63) is 81.9 Å². The first kappa shape index (κ1) is 13.6. The van der Waals surface area contributed by atoms with Crippen molar-refractivity contribution in [2.45, 2.75) is 24.7 Å². The lowest BCUT2D eigenvalue weighted by Crippen LogP contribution is -2.35. The normalized spacial score (nSPS) is 31.2. The monoisotopic (exact) mass is 328 g/mol. The third-order valence-corrected chi connectivity index (χ3v) is 6.52. The minimum absolute atomic E-state index is 0.219. The summed E-state index contributed by atoms with van der Waals surface area (Å²) in [7, 11) is 0. The molecule has 2 bridgehead atoms. The molecule has 0 amide bonds. The number of carbonyl (C=O) groups excluding carboxylic acids is 2. The average molecular weight is 328 g/mol. The number of fused-ring (bicyclic) bond motifs is 1. The van der Waals surface area contributed by atoms with Crippen LogP contribution in [0.3, 0.4) is 0 Å². The van der Waals surface area contributed by atoms with E-state index < -0.39 is 0 Å². The van der Waals surface area contributed by atoms with Gasteiger partial charge in [-0.1, -0.05) is 59.7 Å². The standard InChI is InChI=1S/C22H16O3/c23-21-17-9-15-16(10-18(17)22(24)25-21)20-12-6-2-1-5-11(12)19(15)13-7-3-4-8-14(13)20/h1-8,17-20H,9-10H2/t17-,18-,19?,20?/m0/s1. The lowest BCUT2D eigenvalue weighted by Gasteiger charge is -2.46. The molecule has 122 valence electrons. The van der Waals surface area contributed by atoms with E-state index in [2.05, 4.69) is 48.5 Å². The molecule has 2 atom stereocenters. The maximum atomic E-state index is 12.1. The van der Waals surface area contributed by atoms with Gasteiger partial charge in [0.25, 0.3) is 0 Å². The fourth-order valence-corrected chi connectivity index (χ4v) is 5.53. The Bertz CT molecular complexity index is 874. The van der Waals surface area contributed by atoms with Gasteiger partial charge in [-0.25, -0.2) is 0 Å². The highest BCUT2D eigenvalue weighted by Gasteiger charge is 2.53. The molecule has 2 aromatic rings. The van der Waals surface area contributed by atoms with Crippen molar-refractivity contribution >= 4 is 11.9 Å². The third kappa shape index (κ3) is 1.56. The van der Waals surface area contributed by atoms with Crippen LogP contribution < -0.4 is 0 Å². The van der Waals surface area contributed by atoms with E-state index in [-0.39, 0.29) is 35.6 Å². The van der Waals surface area contributed by atoms with E-state index in [1.165, 1.54) is 33.4 Å². The average Bonchev–Trinajstić information content (AvgIpc) is 2.93. The topological polar surface area (TPSA) is 43.4 Å². The quantitative estimate of drug-likeness (QED) is 0.421. The maximum Gasteiger partial charge on any atom is 0.317 e. The third-order valence-electron chi connectivity index (χ3n) is 6.52. The Morgan fingerprint density at radius 3 is 1.36 bits per heavy atom. The number of ether oxygens (including phenoxy) is 1. The predicted molar refractivity (Wildman–Crippen MR) is 90.9 cm³/mol. The minimum atomic E-state index is -0.329. The summed E-state index contributed by atoms with van der Waals surface area (Å²) in [4.78, 5) is 24.3. The van der Waals surface area contributed by atoms with E-state index in [0.29, 0.717) is 12.8 Å². The smallest absolute Gasteiger partial charge is 0.317 e. The van der Waals surface area contributed by atoms with Crippen LogP contribution in [-0.2, 0) is 14.3 Å². The van der Waals surface area contributed by atoms with Gasteiger partial charge < -0.3 is 4.74 Å². The molecule has 0 spiro atoms. The molecule has 3 nitrogen and oxygen atoms in total. The molecule has 1 heterocycles. The van der Waals surface area contributed by atoms with Gasteiger partial charge in [0.2, 0.25) is 0 Å². The van der Waals surface area contributed by atoms with Crippen molar-refractivity contribution in [1.82, 2.24) is 0 Å². The second-order valence-electron chi connectivity index (χ2n) is 7.54. The lowest BCUT2D eigenvalue weighted by molar-refractivity contribution is -0.153. The fourth-order valence-electron chi connectivity index (χ4n) is 5.53. The maximum absolute atomic E-state index is 12.1. The lowest BCUT2D eigenvalue weighted by atomic mass is 9.56. The summed E-state index contributed by atoms with van der Waals surface area (Å²) in [6.07, 6.45) is 1.32. The number of esters is 2. The Morgan fingerprint density at radius 1 is 0.640 bits per heavy atom. The van der Waals surface area contributed by atoms with Gasteiger partial charge in [-0.05, 0) is 35.1 Å². The van der Waals surface area contributed by atoms with Crippen molar-refractivity contribution < 1.29 is 14.3 Å². The van der Waals surface area contributed by atoms with Crippen LogP contribution in [0.1, 0.15) is 46.9 Å². The first-order valence-electron chi connectivity index (χ1n) is 8.89. The molecule has 2 aromatic carbocycles. The van der Waals surface area contributed by atoms with Crippen molar-refractivity contribution in [1.29, 1.82) is 0 Å². The molecule has 4 aliphatic carbocycles. The number of hydrogen-bond donors (Lipinski definition) is 0. The van der Waals surface area contributed by atoms with Crippen LogP contribution in [0.15, 0.2) is 59.7 Å². The molecule has 0 aromatic heterocycles. The van der Waals surface area contributed by atoms with Crippen molar-refractivity contribution in [3.8, 4) is 0 Å². The Morgan fingerprint density at radius 2 is 1.00 bits per heavy atom. The number of hydrogen-bond acceptors (Lipinski definition) is 3. The summed E-state index contributed by atoms with van der Waals surface area (Å²) in [5.74, 6) is -0.794. The molecular weight excluding hydrogens is 312 g/mol. The number of rotatable bonds is 0. The molecule has 1 aliphatic heterocycles. The van der Waals surface area contributed by atoms with E-state index in [1.54, 1.807) is 0 Å². The Labute approximate surface area is 145 Å². The summed E-state index contributed by atoms with van der Waals surface area (Å²) >= 11 is 0. The summed E-state index contributed by atoms with van der Waals surface area (Å²) in [5, 5.41) is 0. The molecule has 25 heavy (non-hydrogen) atoms. The Hall–Kier alpha value is -2.68. The molecule has 0 unspecified atom stereocenters. The van der Waals surface area contributed by atoms with Crippen LogP contribution in [0, 0.1) is 11.8 Å². The van der Waals surface area contributed by atoms with E-state index in [4.69, 9.17) is 4.74 Å². The predicted octanol–water partition coefficient (Wildman–Crippen LogP) is 3.68. The molecule has 3 heteroatoms. The van der Waals surface area contributed by atoms with Crippen LogP contribution in [0.5, 0.6) is 0 Å². The number of cyclic esters (lactones) is 2. The Balaban J connectivity index is 1.60. The van der Waals surface area contributed by atoms with Crippen LogP contribution in [0.25, 0.3) is 0 Å². The van der Waals surface area contributed by atoms with E-state index in [1.807, 2.05) is 0 Å². The second-order valence-corrected chi connectivity index (χ2v) is 7.54. The highest BCUT2D eigenvalue weighted by atomic mass is 16.6. The van der Waals surface area contributed by atoms with Gasteiger partial charge in [0, 0.05) is 11.8 Å². The van der Waals surface area contributed by atoms with Crippen LogP contribution in [0.2, 0.25) is 0 Å². The highest BCUT2D eigenvalue weighted by molar-refractivity contribution is 5.97. The molecule has 0 radical (unpaired) electrons. The van der Waals surface area contributed by atoms with Crippen molar-refractivity contribution in [3.63, 3.8) is 0 Å². The summed E-state index contributed by atoms with van der Waals surface area (Å²) in [5.41, 5.74) is 8.16. The van der Waals surface area contributed by atoms with Gasteiger partial charge in [-0.15, -0.1) is 0 Å². The molecule has 1 fully saturated rings. The minimum Gasteiger partial charge on any atom is -0.393 e. The van der Waals surface area contributed by atoms with E-state index in [9.17, 15) is 9.59 Å². The first-order valence-corrected chi connectivity index (χ1v) is 8.89. The zero-order chi connectivity index (χ0) is 16.7. The Kier molecular flexibility index (Phi) is 2.44. The molecule has 1 saturated heterocycles. The first-order chi connectivity index (χ1) is 12.2. The number of carbonyl (C=O) groups is 2. The zero-order valence-corrected chi connectivity index (χ0v) is 13.6. The van der Waals surface area contributed by atoms with Crippen molar-refractivity contribution in [2.75, 3.05) is 0 Å².